The Hall–Kier alpha value is -1.23. The predicted molar refractivity (Wildman–Crippen MR) is 69.0 cm³/mol. The van der Waals surface area contributed by atoms with E-state index in [4.69, 9.17) is 5.73 Å². The van der Waals surface area contributed by atoms with E-state index in [0.717, 1.165) is 30.8 Å². The third kappa shape index (κ3) is 1.99. The van der Waals surface area contributed by atoms with Crippen LogP contribution < -0.4 is 11.1 Å². The average Bonchev–Trinajstić information content (AvgIpc) is 2.50. The minimum Gasteiger partial charge on any atom is -0.394 e. The molecule has 96 valence electrons. The number of nitrogens with one attached hydrogen (secondary N) is 1. The summed E-state index contributed by atoms with van der Waals surface area (Å²) in [6, 6.07) is 0. The van der Waals surface area contributed by atoms with Crippen molar-refractivity contribution >= 4 is 11.5 Å². The van der Waals surface area contributed by atoms with Crippen LogP contribution in [-0.4, -0.2) is 27.0 Å². The molecule has 0 aromatic carbocycles. The molecule has 0 atom stereocenters. The van der Waals surface area contributed by atoms with Gasteiger partial charge in [-0.2, -0.15) is 5.10 Å². The van der Waals surface area contributed by atoms with Gasteiger partial charge in [-0.3, -0.25) is 4.68 Å². The maximum atomic E-state index is 9.46. The van der Waals surface area contributed by atoms with Gasteiger partial charge in [-0.25, -0.2) is 0 Å². The van der Waals surface area contributed by atoms with Crippen LogP contribution in [0.1, 0.15) is 44.7 Å². The van der Waals surface area contributed by atoms with Crippen LogP contribution in [0.3, 0.4) is 0 Å². The first kappa shape index (κ1) is 12.2. The van der Waals surface area contributed by atoms with E-state index in [1.54, 1.807) is 4.68 Å². The molecule has 1 heterocycles. The summed E-state index contributed by atoms with van der Waals surface area (Å²) in [6.07, 6.45) is 3.14. The molecule has 0 bridgehead atoms. The lowest BCUT2D eigenvalue weighted by molar-refractivity contribution is 0.143. The Kier molecular flexibility index (Phi) is 3.03. The summed E-state index contributed by atoms with van der Waals surface area (Å²) in [6.45, 7) is 4.30. The van der Waals surface area contributed by atoms with Crippen molar-refractivity contribution in [1.82, 2.24) is 9.78 Å². The zero-order valence-corrected chi connectivity index (χ0v) is 10.8. The fourth-order valence-corrected chi connectivity index (χ4v) is 2.31. The fraction of sp³-hybridized carbons (Fsp3) is 0.750. The highest BCUT2D eigenvalue weighted by Gasteiger charge is 2.37. The first-order valence-electron chi connectivity index (χ1n) is 6.20. The molecule has 1 aromatic heterocycles. The number of nitrogens with two attached hydrogens (primary N) is 1. The van der Waals surface area contributed by atoms with Crippen molar-refractivity contribution in [2.75, 3.05) is 17.7 Å². The number of aliphatic hydroxyl groups excluding tert-OH is 1. The minimum absolute atomic E-state index is 0.147. The third-order valence-electron chi connectivity index (χ3n) is 3.66. The molecule has 0 unspecified atom stereocenters. The summed E-state index contributed by atoms with van der Waals surface area (Å²) in [7, 11) is 1.88. The SMILES string of the molecule is CC(C)c1nn(C)c(NC2(CO)CCC2)c1N. The van der Waals surface area contributed by atoms with E-state index >= 15 is 0 Å². The van der Waals surface area contributed by atoms with Crippen molar-refractivity contribution in [2.24, 2.45) is 7.05 Å². The molecule has 1 aliphatic carbocycles. The van der Waals surface area contributed by atoms with Crippen molar-refractivity contribution in [1.29, 1.82) is 0 Å². The average molecular weight is 238 g/mol. The molecule has 0 saturated heterocycles. The van der Waals surface area contributed by atoms with Crippen molar-refractivity contribution in [3.8, 4) is 0 Å². The highest BCUT2D eigenvalue weighted by atomic mass is 16.3. The van der Waals surface area contributed by atoms with Crippen LogP contribution in [0.4, 0.5) is 11.5 Å². The van der Waals surface area contributed by atoms with E-state index in [-0.39, 0.29) is 12.1 Å². The zero-order chi connectivity index (χ0) is 12.6. The predicted octanol–water partition coefficient (Wildman–Crippen LogP) is 1.45. The second kappa shape index (κ2) is 4.22. The number of nitrogens with zero attached hydrogens (tertiary/aromatic N) is 2. The smallest absolute Gasteiger partial charge is 0.148 e. The normalized spacial score (nSPS) is 18.2. The standard InChI is InChI=1S/C12H22N4O/c1-8(2)10-9(13)11(16(3)15-10)14-12(7-17)5-4-6-12/h8,14,17H,4-7,13H2,1-3H3. The van der Waals surface area contributed by atoms with Gasteiger partial charge in [0.05, 0.1) is 23.5 Å². The Balaban J connectivity index is 2.26. The molecular weight excluding hydrogens is 216 g/mol. The van der Waals surface area contributed by atoms with Crippen molar-refractivity contribution < 1.29 is 5.11 Å². The summed E-state index contributed by atoms with van der Waals surface area (Å²) in [5.41, 5.74) is 7.56. The summed E-state index contributed by atoms with van der Waals surface area (Å²) < 4.78 is 1.78. The summed E-state index contributed by atoms with van der Waals surface area (Å²) in [5, 5.41) is 17.3. The van der Waals surface area contributed by atoms with Gasteiger partial charge in [-0.15, -0.1) is 0 Å². The quantitative estimate of drug-likeness (QED) is 0.742. The molecule has 1 fully saturated rings. The number of rotatable bonds is 4. The lowest BCUT2D eigenvalue weighted by Gasteiger charge is -2.41. The van der Waals surface area contributed by atoms with Crippen LogP contribution in [0.25, 0.3) is 0 Å². The van der Waals surface area contributed by atoms with Gasteiger partial charge in [0.15, 0.2) is 0 Å². The Labute approximate surface area is 102 Å². The first-order chi connectivity index (χ1) is 7.99. The van der Waals surface area contributed by atoms with Gasteiger partial charge in [0.2, 0.25) is 0 Å². The first-order valence-corrected chi connectivity index (χ1v) is 6.20. The van der Waals surface area contributed by atoms with E-state index in [0.29, 0.717) is 11.6 Å². The number of aliphatic hydroxyl groups is 1. The van der Waals surface area contributed by atoms with Crippen LogP contribution in [0.2, 0.25) is 0 Å². The Bertz CT molecular complexity index is 401. The minimum atomic E-state index is -0.184. The molecule has 4 N–H and O–H groups in total. The highest BCUT2D eigenvalue weighted by Crippen LogP contribution is 2.37. The molecule has 1 aliphatic rings. The van der Waals surface area contributed by atoms with Crippen molar-refractivity contribution in [2.45, 2.75) is 44.6 Å². The van der Waals surface area contributed by atoms with Crippen molar-refractivity contribution in [3.05, 3.63) is 5.69 Å². The van der Waals surface area contributed by atoms with Crippen LogP contribution in [0.15, 0.2) is 0 Å². The van der Waals surface area contributed by atoms with Crippen LogP contribution in [-0.2, 0) is 7.05 Å². The van der Waals surface area contributed by atoms with Crippen LogP contribution in [0, 0.1) is 0 Å². The van der Waals surface area contributed by atoms with E-state index in [1.165, 1.54) is 0 Å². The van der Waals surface area contributed by atoms with Crippen LogP contribution in [0.5, 0.6) is 0 Å². The molecule has 0 spiro atoms. The number of aryl methyl sites for hydroxylation is 1. The lowest BCUT2D eigenvalue weighted by Crippen LogP contribution is -2.48. The molecule has 0 amide bonds. The Morgan fingerprint density at radius 2 is 2.18 bits per heavy atom. The van der Waals surface area contributed by atoms with E-state index in [1.807, 2.05) is 7.05 Å². The second-order valence-corrected chi connectivity index (χ2v) is 5.34. The van der Waals surface area contributed by atoms with Gasteiger partial charge in [0.1, 0.15) is 5.82 Å². The van der Waals surface area contributed by atoms with Gasteiger partial charge < -0.3 is 16.2 Å². The monoisotopic (exact) mass is 238 g/mol. The largest absolute Gasteiger partial charge is 0.394 e. The van der Waals surface area contributed by atoms with Gasteiger partial charge >= 0.3 is 0 Å². The van der Waals surface area contributed by atoms with E-state index < -0.39 is 0 Å². The number of hydrogen-bond acceptors (Lipinski definition) is 4. The summed E-state index contributed by atoms with van der Waals surface area (Å²) in [4.78, 5) is 0. The molecule has 2 rings (SSSR count). The van der Waals surface area contributed by atoms with E-state index in [2.05, 4.69) is 24.3 Å². The van der Waals surface area contributed by atoms with E-state index in [9.17, 15) is 5.11 Å². The molecule has 0 aliphatic heterocycles. The maximum absolute atomic E-state index is 9.46. The lowest BCUT2D eigenvalue weighted by atomic mass is 9.77. The van der Waals surface area contributed by atoms with Gasteiger partial charge in [-0.1, -0.05) is 13.8 Å². The van der Waals surface area contributed by atoms with Gasteiger partial charge in [0, 0.05) is 7.05 Å². The summed E-state index contributed by atoms with van der Waals surface area (Å²) in [5.74, 6) is 1.14. The third-order valence-corrected chi connectivity index (χ3v) is 3.66. The van der Waals surface area contributed by atoms with Gasteiger partial charge in [-0.05, 0) is 25.2 Å². The molecule has 0 radical (unpaired) electrons. The summed E-state index contributed by atoms with van der Waals surface area (Å²) >= 11 is 0. The molecule has 17 heavy (non-hydrogen) atoms. The number of nitrogen functional groups attached to an aromatic ring is 1. The number of hydrogen-bond donors (Lipinski definition) is 3. The van der Waals surface area contributed by atoms with Gasteiger partial charge in [0.25, 0.3) is 0 Å². The topological polar surface area (TPSA) is 76.1 Å². The molecule has 5 heteroatoms. The number of anilines is 2. The fourth-order valence-electron chi connectivity index (χ4n) is 2.31. The molecule has 5 nitrogen and oxygen atoms in total. The zero-order valence-electron chi connectivity index (χ0n) is 10.8. The second-order valence-electron chi connectivity index (χ2n) is 5.34. The van der Waals surface area contributed by atoms with Crippen LogP contribution >= 0.6 is 0 Å². The Morgan fingerprint density at radius 3 is 2.53 bits per heavy atom. The Morgan fingerprint density at radius 1 is 1.53 bits per heavy atom. The highest BCUT2D eigenvalue weighted by molar-refractivity contribution is 5.66. The molecular formula is C12H22N4O. The number of aromatic nitrogens is 2. The molecule has 1 aromatic rings. The molecule has 1 saturated carbocycles. The maximum Gasteiger partial charge on any atom is 0.148 e. The van der Waals surface area contributed by atoms with Crippen molar-refractivity contribution in [3.63, 3.8) is 0 Å².